The van der Waals surface area contributed by atoms with Crippen LogP contribution in [0.3, 0.4) is 0 Å². The van der Waals surface area contributed by atoms with Crippen molar-refractivity contribution in [3.63, 3.8) is 0 Å². The highest BCUT2D eigenvalue weighted by molar-refractivity contribution is 9.10. The van der Waals surface area contributed by atoms with Gasteiger partial charge in [-0.05, 0) is 42.8 Å². The van der Waals surface area contributed by atoms with Gasteiger partial charge in [0.2, 0.25) is 0 Å². The zero-order valence-electron chi connectivity index (χ0n) is 10.3. The molecule has 0 bridgehead atoms. The third-order valence-electron chi connectivity index (χ3n) is 2.62. The molecule has 0 aromatic heterocycles. The van der Waals surface area contributed by atoms with Crippen LogP contribution in [0.4, 0.5) is 0 Å². The van der Waals surface area contributed by atoms with Crippen LogP contribution >= 0.6 is 15.9 Å². The van der Waals surface area contributed by atoms with Gasteiger partial charge in [-0.2, -0.15) is 5.26 Å². The molecule has 1 N–H and O–H groups in total. The number of nitriles is 1. The van der Waals surface area contributed by atoms with Crippen molar-refractivity contribution in [3.8, 4) is 17.6 Å². The molecule has 0 saturated heterocycles. The van der Waals surface area contributed by atoms with E-state index in [0.717, 1.165) is 10.0 Å². The number of aliphatic hydroxyl groups excluding tert-OH is 1. The highest BCUT2D eigenvalue weighted by Crippen LogP contribution is 2.30. The van der Waals surface area contributed by atoms with Crippen LogP contribution in [-0.2, 0) is 0 Å². The zero-order valence-corrected chi connectivity index (χ0v) is 11.9. The van der Waals surface area contributed by atoms with E-state index in [9.17, 15) is 5.11 Å². The van der Waals surface area contributed by atoms with Crippen molar-refractivity contribution in [2.75, 3.05) is 0 Å². The van der Waals surface area contributed by atoms with Crippen LogP contribution < -0.4 is 4.74 Å². The maximum Gasteiger partial charge on any atom is 0.128 e. The molecule has 19 heavy (non-hydrogen) atoms. The summed E-state index contributed by atoms with van der Waals surface area (Å²) in [7, 11) is 0. The lowest BCUT2D eigenvalue weighted by molar-refractivity contribution is 0.198. The second-order valence-corrected chi connectivity index (χ2v) is 4.96. The van der Waals surface area contributed by atoms with E-state index in [1.807, 2.05) is 0 Å². The molecule has 1 unspecified atom stereocenters. The molecule has 0 spiro atoms. The van der Waals surface area contributed by atoms with Crippen LogP contribution in [0.15, 0.2) is 46.9 Å². The zero-order chi connectivity index (χ0) is 13.8. The Balaban J connectivity index is 2.24. The lowest BCUT2D eigenvalue weighted by atomic mass is 10.1. The molecule has 0 radical (unpaired) electrons. The summed E-state index contributed by atoms with van der Waals surface area (Å²) in [5.41, 5.74) is 1.36. The predicted molar refractivity (Wildman–Crippen MR) is 76.0 cm³/mol. The summed E-state index contributed by atoms with van der Waals surface area (Å²) in [5.74, 6) is 1.25. The fraction of sp³-hybridized carbons (Fsp3) is 0.133. The highest BCUT2D eigenvalue weighted by Gasteiger charge is 2.07. The molecule has 0 aliphatic rings. The molecule has 2 aromatic rings. The molecule has 0 saturated carbocycles. The van der Waals surface area contributed by atoms with Gasteiger partial charge in [-0.1, -0.05) is 28.1 Å². The summed E-state index contributed by atoms with van der Waals surface area (Å²) in [5, 5.41) is 18.4. The smallest absolute Gasteiger partial charge is 0.128 e. The predicted octanol–water partition coefficient (Wildman–Crippen LogP) is 4.17. The van der Waals surface area contributed by atoms with Crippen molar-refractivity contribution in [1.82, 2.24) is 0 Å². The maximum absolute atomic E-state index is 9.55. The van der Waals surface area contributed by atoms with Crippen molar-refractivity contribution in [3.05, 3.63) is 58.1 Å². The minimum atomic E-state index is -0.537. The Morgan fingerprint density at radius 3 is 2.58 bits per heavy atom. The van der Waals surface area contributed by atoms with Crippen molar-refractivity contribution in [2.24, 2.45) is 0 Å². The molecule has 0 aliphatic heterocycles. The van der Waals surface area contributed by atoms with E-state index in [0.29, 0.717) is 17.1 Å². The first-order chi connectivity index (χ1) is 9.10. The van der Waals surface area contributed by atoms with Gasteiger partial charge in [0.1, 0.15) is 11.5 Å². The normalized spacial score (nSPS) is 11.7. The standard InChI is InChI=1S/C15H12BrNO2/c1-10(18)14-6-5-13(8-15(14)16)19-12-4-2-3-11(7-12)9-17/h2-8,10,18H,1H3. The van der Waals surface area contributed by atoms with E-state index in [1.54, 1.807) is 49.4 Å². The van der Waals surface area contributed by atoms with E-state index in [2.05, 4.69) is 22.0 Å². The van der Waals surface area contributed by atoms with Crippen molar-refractivity contribution >= 4 is 15.9 Å². The fourth-order valence-corrected chi connectivity index (χ4v) is 2.36. The molecule has 0 amide bonds. The van der Waals surface area contributed by atoms with Crippen molar-refractivity contribution in [1.29, 1.82) is 5.26 Å². The number of halogens is 1. The summed E-state index contributed by atoms with van der Waals surface area (Å²) in [4.78, 5) is 0. The Morgan fingerprint density at radius 1 is 1.21 bits per heavy atom. The summed E-state index contributed by atoms with van der Waals surface area (Å²) in [6.45, 7) is 1.71. The molecular formula is C15H12BrNO2. The van der Waals surface area contributed by atoms with Crippen LogP contribution in [0.1, 0.15) is 24.2 Å². The number of hydrogen-bond acceptors (Lipinski definition) is 3. The second kappa shape index (κ2) is 5.87. The van der Waals surface area contributed by atoms with Crippen LogP contribution in [-0.4, -0.2) is 5.11 Å². The van der Waals surface area contributed by atoms with Gasteiger partial charge in [-0.25, -0.2) is 0 Å². The lowest BCUT2D eigenvalue weighted by Crippen LogP contribution is -1.93. The SMILES string of the molecule is CC(O)c1ccc(Oc2cccc(C#N)c2)cc1Br. The highest BCUT2D eigenvalue weighted by atomic mass is 79.9. The van der Waals surface area contributed by atoms with Crippen LogP contribution in [0.25, 0.3) is 0 Å². The lowest BCUT2D eigenvalue weighted by Gasteiger charge is -2.10. The molecule has 0 aliphatic carbocycles. The molecule has 2 rings (SSSR count). The van der Waals surface area contributed by atoms with E-state index in [1.165, 1.54) is 0 Å². The largest absolute Gasteiger partial charge is 0.457 e. The maximum atomic E-state index is 9.55. The second-order valence-electron chi connectivity index (χ2n) is 4.10. The van der Waals surface area contributed by atoms with Crippen molar-refractivity contribution in [2.45, 2.75) is 13.0 Å². The Hall–Kier alpha value is -1.83. The topological polar surface area (TPSA) is 53.2 Å². The molecule has 3 nitrogen and oxygen atoms in total. The number of ether oxygens (including phenoxy) is 1. The first kappa shape index (κ1) is 13.6. The quantitative estimate of drug-likeness (QED) is 0.924. The summed E-state index contributed by atoms with van der Waals surface area (Å²) >= 11 is 3.40. The molecule has 1 atom stereocenters. The third kappa shape index (κ3) is 3.34. The van der Waals surface area contributed by atoms with Gasteiger partial charge in [0, 0.05) is 4.47 Å². The van der Waals surface area contributed by atoms with Gasteiger partial charge >= 0.3 is 0 Å². The Labute approximate surface area is 120 Å². The number of aliphatic hydroxyl groups is 1. The monoisotopic (exact) mass is 317 g/mol. The van der Waals surface area contributed by atoms with Crippen molar-refractivity contribution < 1.29 is 9.84 Å². The molecule has 2 aromatic carbocycles. The minimum Gasteiger partial charge on any atom is -0.457 e. The molecule has 0 heterocycles. The van der Waals surface area contributed by atoms with E-state index < -0.39 is 6.10 Å². The Morgan fingerprint density at radius 2 is 1.95 bits per heavy atom. The number of nitrogens with zero attached hydrogens (tertiary/aromatic N) is 1. The Bertz CT molecular complexity index is 632. The fourth-order valence-electron chi connectivity index (χ4n) is 1.68. The first-order valence-corrected chi connectivity index (χ1v) is 6.55. The van der Waals surface area contributed by atoms with Gasteiger partial charge in [0.05, 0.1) is 17.7 Å². The number of hydrogen-bond donors (Lipinski definition) is 1. The van der Waals surface area contributed by atoms with Gasteiger partial charge in [-0.15, -0.1) is 0 Å². The van der Waals surface area contributed by atoms with Gasteiger partial charge in [-0.3, -0.25) is 0 Å². The van der Waals surface area contributed by atoms with E-state index in [-0.39, 0.29) is 0 Å². The van der Waals surface area contributed by atoms with Crippen LogP contribution in [0.2, 0.25) is 0 Å². The van der Waals surface area contributed by atoms with E-state index in [4.69, 9.17) is 10.00 Å². The molecular weight excluding hydrogens is 306 g/mol. The average molecular weight is 318 g/mol. The average Bonchev–Trinajstić information content (AvgIpc) is 2.38. The van der Waals surface area contributed by atoms with Gasteiger partial charge in [0.25, 0.3) is 0 Å². The van der Waals surface area contributed by atoms with Crippen LogP contribution in [0, 0.1) is 11.3 Å². The molecule has 4 heteroatoms. The summed E-state index contributed by atoms with van der Waals surface area (Å²) in [6.07, 6.45) is -0.537. The first-order valence-electron chi connectivity index (χ1n) is 5.75. The molecule has 0 fully saturated rings. The number of benzene rings is 2. The summed E-state index contributed by atoms with van der Waals surface area (Å²) < 4.78 is 6.46. The van der Waals surface area contributed by atoms with Gasteiger partial charge < -0.3 is 9.84 Å². The molecule has 96 valence electrons. The van der Waals surface area contributed by atoms with Crippen LogP contribution in [0.5, 0.6) is 11.5 Å². The third-order valence-corrected chi connectivity index (χ3v) is 3.31. The van der Waals surface area contributed by atoms with E-state index >= 15 is 0 Å². The summed E-state index contributed by atoms with van der Waals surface area (Å²) in [6, 6.07) is 14.4. The Kier molecular flexibility index (Phi) is 4.20. The van der Waals surface area contributed by atoms with Gasteiger partial charge in [0.15, 0.2) is 0 Å². The number of rotatable bonds is 3. The minimum absolute atomic E-state index is 0.537.